The lowest BCUT2D eigenvalue weighted by molar-refractivity contribution is -0.118. The molecule has 0 saturated carbocycles. The quantitative estimate of drug-likeness (QED) is 0.837. The first-order chi connectivity index (χ1) is 12.4. The van der Waals surface area contributed by atoms with Crippen LogP contribution in [-0.4, -0.2) is 20.9 Å². The fourth-order valence-electron chi connectivity index (χ4n) is 3.10. The molecule has 26 heavy (non-hydrogen) atoms. The Balaban J connectivity index is 1.81. The van der Waals surface area contributed by atoms with Crippen LogP contribution in [0.4, 0.5) is 11.4 Å². The van der Waals surface area contributed by atoms with E-state index < -0.39 is 10.0 Å². The number of rotatable bonds is 5. The number of carbonyl (C=O) groups is 1. The summed E-state index contributed by atoms with van der Waals surface area (Å²) in [6.07, 6.45) is 2.23. The largest absolute Gasteiger partial charge is 0.312 e. The van der Waals surface area contributed by atoms with Crippen molar-refractivity contribution in [3.05, 3.63) is 58.6 Å². The fraction of sp³-hybridized carbons (Fsp3) is 0.316. The molecule has 0 unspecified atom stereocenters. The minimum absolute atomic E-state index is 0.0483. The summed E-state index contributed by atoms with van der Waals surface area (Å²) in [6.45, 7) is 2.50. The molecule has 0 atom stereocenters. The molecule has 0 fully saturated rings. The van der Waals surface area contributed by atoms with E-state index in [1.54, 1.807) is 41.3 Å². The fourth-order valence-corrected chi connectivity index (χ4v) is 4.42. The maximum Gasteiger partial charge on any atom is 0.236 e. The second-order valence-electron chi connectivity index (χ2n) is 6.33. The van der Waals surface area contributed by atoms with Gasteiger partial charge < -0.3 is 4.90 Å². The predicted octanol–water partition coefficient (Wildman–Crippen LogP) is 3.97. The first-order valence-electron chi connectivity index (χ1n) is 8.56. The van der Waals surface area contributed by atoms with Crippen LogP contribution < -0.4 is 9.62 Å². The number of anilines is 2. The van der Waals surface area contributed by atoms with Gasteiger partial charge in [0.1, 0.15) is 0 Å². The Hall–Kier alpha value is -2.05. The lowest BCUT2D eigenvalue weighted by atomic mass is 10.0. The molecule has 0 spiro atoms. The molecule has 0 bridgehead atoms. The molecular weight excluding hydrogens is 372 g/mol. The normalized spacial score (nSPS) is 14.0. The molecule has 5 nitrogen and oxygen atoms in total. The summed E-state index contributed by atoms with van der Waals surface area (Å²) in [5.74, 6) is -0.0918. The third-order valence-corrected chi connectivity index (χ3v) is 5.86. The van der Waals surface area contributed by atoms with Gasteiger partial charge in [0, 0.05) is 23.7 Å². The van der Waals surface area contributed by atoms with E-state index in [-0.39, 0.29) is 11.7 Å². The predicted molar refractivity (Wildman–Crippen MR) is 105 cm³/mol. The number of sulfonamides is 1. The first kappa shape index (κ1) is 18.7. The number of benzene rings is 2. The highest BCUT2D eigenvalue weighted by molar-refractivity contribution is 7.91. The van der Waals surface area contributed by atoms with Crippen LogP contribution in [0.2, 0.25) is 5.02 Å². The number of carbonyl (C=O) groups excluding carboxylic acids is 1. The Bertz CT molecular complexity index is 911. The van der Waals surface area contributed by atoms with Crippen LogP contribution in [0.25, 0.3) is 0 Å². The summed E-state index contributed by atoms with van der Waals surface area (Å²) < 4.78 is 27.5. The second kappa shape index (κ2) is 7.68. The van der Waals surface area contributed by atoms with Gasteiger partial charge in [-0.25, -0.2) is 8.42 Å². The lowest BCUT2D eigenvalue weighted by Crippen LogP contribution is -2.35. The van der Waals surface area contributed by atoms with Gasteiger partial charge in [0.2, 0.25) is 15.9 Å². The minimum atomic E-state index is -3.57. The van der Waals surface area contributed by atoms with Crippen LogP contribution in [-0.2, 0) is 27.0 Å². The van der Waals surface area contributed by atoms with Crippen molar-refractivity contribution in [2.45, 2.75) is 31.9 Å². The zero-order chi connectivity index (χ0) is 18.7. The van der Waals surface area contributed by atoms with Gasteiger partial charge in [0.15, 0.2) is 0 Å². The van der Waals surface area contributed by atoms with Crippen LogP contribution in [0.1, 0.15) is 30.9 Å². The van der Waals surface area contributed by atoms with Gasteiger partial charge in [-0.05, 0) is 48.2 Å². The number of aryl methyl sites for hydroxylation is 1. The van der Waals surface area contributed by atoms with Gasteiger partial charge >= 0.3 is 0 Å². The highest BCUT2D eigenvalue weighted by atomic mass is 35.5. The zero-order valence-electron chi connectivity index (χ0n) is 14.5. The summed E-state index contributed by atoms with van der Waals surface area (Å²) >= 11 is 5.83. The Labute approximate surface area is 159 Å². The topological polar surface area (TPSA) is 66.5 Å². The van der Waals surface area contributed by atoms with E-state index >= 15 is 0 Å². The maximum absolute atomic E-state index is 12.5. The molecule has 2 aromatic carbocycles. The Morgan fingerprint density at radius 3 is 2.62 bits per heavy atom. The summed E-state index contributed by atoms with van der Waals surface area (Å²) in [6, 6.07) is 12.1. The van der Waals surface area contributed by atoms with Crippen LogP contribution in [0, 0.1) is 0 Å². The van der Waals surface area contributed by atoms with Crippen LogP contribution in [0.5, 0.6) is 0 Å². The van der Waals surface area contributed by atoms with Crippen LogP contribution in [0.15, 0.2) is 42.5 Å². The summed E-state index contributed by atoms with van der Waals surface area (Å²) in [7, 11) is -3.57. The van der Waals surface area contributed by atoms with Gasteiger partial charge in [-0.15, -0.1) is 0 Å². The van der Waals surface area contributed by atoms with Gasteiger partial charge in [-0.3, -0.25) is 9.52 Å². The molecule has 1 aliphatic heterocycles. The van der Waals surface area contributed by atoms with E-state index in [0.717, 1.165) is 24.1 Å². The van der Waals surface area contributed by atoms with Crippen LogP contribution in [0.3, 0.4) is 0 Å². The number of hydrogen-bond donors (Lipinski definition) is 1. The van der Waals surface area contributed by atoms with E-state index in [9.17, 15) is 13.2 Å². The average molecular weight is 393 g/mol. The standard InChI is InChI=1S/C19H21ClN2O3S/c1-2-19(23)22-11-3-4-15-7-10-17(12-18(15)22)21-26(24,25)13-14-5-8-16(20)9-6-14/h5-10,12,21H,2-4,11,13H2,1H3. The summed E-state index contributed by atoms with van der Waals surface area (Å²) in [4.78, 5) is 13.9. The highest BCUT2D eigenvalue weighted by Crippen LogP contribution is 2.31. The number of nitrogens with one attached hydrogen (secondary N) is 1. The Morgan fingerprint density at radius 2 is 1.92 bits per heavy atom. The van der Waals surface area contributed by atoms with Crippen molar-refractivity contribution >= 4 is 38.9 Å². The molecule has 138 valence electrons. The number of hydrogen-bond acceptors (Lipinski definition) is 3. The Morgan fingerprint density at radius 1 is 1.19 bits per heavy atom. The SMILES string of the molecule is CCC(=O)N1CCCc2ccc(NS(=O)(=O)Cc3ccc(Cl)cc3)cc21. The lowest BCUT2D eigenvalue weighted by Gasteiger charge is -2.29. The zero-order valence-corrected chi connectivity index (χ0v) is 16.1. The van der Waals surface area contributed by atoms with Gasteiger partial charge in [0.05, 0.1) is 11.4 Å². The van der Waals surface area contributed by atoms with Crippen molar-refractivity contribution < 1.29 is 13.2 Å². The molecule has 1 amide bonds. The second-order valence-corrected chi connectivity index (χ2v) is 8.49. The minimum Gasteiger partial charge on any atom is -0.312 e. The maximum atomic E-state index is 12.5. The number of amides is 1. The number of halogens is 1. The third kappa shape index (κ3) is 4.37. The van der Waals surface area contributed by atoms with E-state index in [0.29, 0.717) is 29.2 Å². The average Bonchev–Trinajstić information content (AvgIpc) is 2.62. The molecule has 7 heteroatoms. The number of fused-ring (bicyclic) bond motifs is 1. The molecule has 2 aromatic rings. The number of nitrogens with zero attached hydrogens (tertiary/aromatic N) is 1. The van der Waals surface area contributed by atoms with Crippen LogP contribution >= 0.6 is 11.6 Å². The molecule has 1 heterocycles. The first-order valence-corrected chi connectivity index (χ1v) is 10.6. The van der Waals surface area contributed by atoms with Crippen molar-refractivity contribution in [2.75, 3.05) is 16.2 Å². The molecule has 0 radical (unpaired) electrons. The van der Waals surface area contributed by atoms with Gasteiger partial charge in [-0.2, -0.15) is 0 Å². The van der Waals surface area contributed by atoms with E-state index in [1.807, 2.05) is 13.0 Å². The molecule has 0 saturated heterocycles. The van der Waals surface area contributed by atoms with Crippen molar-refractivity contribution in [3.63, 3.8) is 0 Å². The van der Waals surface area contributed by atoms with Crippen molar-refractivity contribution in [3.8, 4) is 0 Å². The summed E-state index contributed by atoms with van der Waals surface area (Å²) in [5, 5.41) is 0.564. The van der Waals surface area contributed by atoms with Gasteiger partial charge in [0.25, 0.3) is 0 Å². The highest BCUT2D eigenvalue weighted by Gasteiger charge is 2.22. The molecule has 1 aliphatic rings. The van der Waals surface area contributed by atoms with Crippen molar-refractivity contribution in [1.82, 2.24) is 0 Å². The smallest absolute Gasteiger partial charge is 0.236 e. The van der Waals surface area contributed by atoms with E-state index in [1.165, 1.54) is 0 Å². The molecule has 1 N–H and O–H groups in total. The summed E-state index contributed by atoms with van der Waals surface area (Å²) in [5.41, 5.74) is 2.99. The molecular formula is C19H21ClN2O3S. The Kier molecular flexibility index (Phi) is 5.53. The van der Waals surface area contributed by atoms with Gasteiger partial charge in [-0.1, -0.05) is 36.7 Å². The molecule has 3 rings (SSSR count). The molecule has 0 aliphatic carbocycles. The van der Waals surface area contributed by atoms with Crippen molar-refractivity contribution in [1.29, 1.82) is 0 Å². The van der Waals surface area contributed by atoms with Crippen molar-refractivity contribution in [2.24, 2.45) is 0 Å². The molecule has 0 aromatic heterocycles. The van der Waals surface area contributed by atoms with E-state index in [2.05, 4.69) is 4.72 Å². The van der Waals surface area contributed by atoms with E-state index in [4.69, 9.17) is 11.6 Å². The third-order valence-electron chi connectivity index (χ3n) is 4.35. The monoisotopic (exact) mass is 392 g/mol.